The zero-order valence-electron chi connectivity index (χ0n) is 12.1. The first kappa shape index (κ1) is 14.2. The van der Waals surface area contributed by atoms with Gasteiger partial charge in [0, 0.05) is 5.94 Å². The molecule has 3 saturated carbocycles. The molecule has 5 heteroatoms. The molecule has 5 fully saturated rings. The highest BCUT2D eigenvalue weighted by atomic mass is 35.5. The minimum absolute atomic E-state index is 0. The molecule has 0 radical (unpaired) electrons. The van der Waals surface area contributed by atoms with E-state index in [4.69, 9.17) is 9.31 Å². The molecule has 108 valence electrons. The van der Waals surface area contributed by atoms with Crippen molar-refractivity contribution in [2.45, 2.75) is 64.1 Å². The van der Waals surface area contributed by atoms with Crippen LogP contribution in [0.5, 0.6) is 0 Å². The Bertz CT molecular complexity index is 374. The molecule has 0 aromatic carbocycles. The first-order valence-corrected chi connectivity index (χ1v) is 7.58. The Labute approximate surface area is 122 Å². The predicted octanol–water partition coefficient (Wildman–Crippen LogP) is 2.43. The maximum Gasteiger partial charge on any atom is 0.475 e. The largest absolute Gasteiger partial charge is 0.475 e. The van der Waals surface area contributed by atoms with E-state index in [1.165, 1.54) is 25.7 Å². The van der Waals surface area contributed by atoms with Crippen LogP contribution in [-0.2, 0) is 9.31 Å². The molecule has 2 heterocycles. The molecular weight excluding hydrogens is 260 g/mol. The second-order valence-electron chi connectivity index (χ2n) is 7.54. The summed E-state index contributed by atoms with van der Waals surface area (Å²) in [5.41, 5.74) is 0.416. The Kier molecular flexibility index (Phi) is 3.26. The van der Waals surface area contributed by atoms with Crippen LogP contribution in [0.4, 0.5) is 0 Å². The number of rotatable bonds is 1. The second kappa shape index (κ2) is 4.36. The molecule has 1 unspecified atom stereocenters. The van der Waals surface area contributed by atoms with Crippen molar-refractivity contribution in [3.05, 3.63) is 0 Å². The lowest BCUT2D eigenvalue weighted by atomic mass is 9.43. The summed E-state index contributed by atoms with van der Waals surface area (Å²) in [6, 6.07) is 0. The van der Waals surface area contributed by atoms with Gasteiger partial charge in [0.05, 0.1) is 11.7 Å². The third-order valence-corrected chi connectivity index (χ3v) is 6.40. The molecule has 2 aliphatic heterocycles. The van der Waals surface area contributed by atoms with Crippen molar-refractivity contribution in [1.29, 1.82) is 0 Å². The van der Waals surface area contributed by atoms with E-state index in [1.807, 2.05) is 0 Å². The highest BCUT2D eigenvalue weighted by Gasteiger charge is 2.68. The van der Waals surface area contributed by atoms with Crippen LogP contribution in [0.3, 0.4) is 0 Å². The van der Waals surface area contributed by atoms with Crippen LogP contribution in [-0.4, -0.2) is 31.3 Å². The van der Waals surface area contributed by atoms with Crippen molar-refractivity contribution in [2.75, 3.05) is 6.54 Å². The number of nitrogens with one attached hydrogen (secondary N) is 1. The molecular formula is C14H25BClNO2. The lowest BCUT2D eigenvalue weighted by Gasteiger charge is -2.64. The van der Waals surface area contributed by atoms with Gasteiger partial charge >= 0.3 is 7.12 Å². The Morgan fingerprint density at radius 1 is 1.21 bits per heavy atom. The van der Waals surface area contributed by atoms with Crippen LogP contribution in [0.1, 0.15) is 46.5 Å². The minimum atomic E-state index is -0.0345. The number of halogens is 1. The van der Waals surface area contributed by atoms with Gasteiger partial charge < -0.3 is 14.6 Å². The van der Waals surface area contributed by atoms with Gasteiger partial charge in [-0.3, -0.25) is 0 Å². The van der Waals surface area contributed by atoms with Crippen molar-refractivity contribution in [2.24, 2.45) is 17.3 Å². The van der Waals surface area contributed by atoms with Crippen molar-refractivity contribution in [1.82, 2.24) is 5.32 Å². The number of hydrogen-bond acceptors (Lipinski definition) is 3. The van der Waals surface area contributed by atoms with E-state index < -0.39 is 0 Å². The normalized spacial score (nSPS) is 50.4. The molecule has 0 aromatic rings. The molecule has 19 heavy (non-hydrogen) atoms. The molecule has 2 bridgehead atoms. The summed E-state index contributed by atoms with van der Waals surface area (Å²) in [6.07, 6.45) is 5.33. The topological polar surface area (TPSA) is 30.5 Å². The zero-order chi connectivity index (χ0) is 12.5. The summed E-state index contributed by atoms with van der Waals surface area (Å²) in [7, 11) is -0.00218. The highest BCUT2D eigenvalue weighted by molar-refractivity contribution is 6.47. The lowest BCUT2D eigenvalue weighted by molar-refractivity contribution is -0.199. The molecule has 5 atom stereocenters. The lowest BCUT2D eigenvalue weighted by Crippen LogP contribution is -2.65. The van der Waals surface area contributed by atoms with Crippen LogP contribution in [0, 0.1) is 17.3 Å². The van der Waals surface area contributed by atoms with E-state index in [2.05, 4.69) is 26.1 Å². The van der Waals surface area contributed by atoms with Gasteiger partial charge in [0.2, 0.25) is 0 Å². The summed E-state index contributed by atoms with van der Waals surface area (Å²) < 4.78 is 12.7. The van der Waals surface area contributed by atoms with Crippen LogP contribution in [0.2, 0.25) is 0 Å². The van der Waals surface area contributed by atoms with E-state index in [9.17, 15) is 0 Å². The highest BCUT2D eigenvalue weighted by Crippen LogP contribution is 2.65. The maximum atomic E-state index is 6.44. The summed E-state index contributed by atoms with van der Waals surface area (Å²) in [5.74, 6) is 1.95. The number of hydrogen-bond donors (Lipinski definition) is 1. The van der Waals surface area contributed by atoms with Crippen molar-refractivity contribution < 1.29 is 9.31 Å². The van der Waals surface area contributed by atoms with Crippen molar-refractivity contribution >= 4 is 19.5 Å². The fourth-order valence-electron chi connectivity index (χ4n) is 5.01. The molecule has 3 aliphatic carbocycles. The average Bonchev–Trinajstić information content (AvgIpc) is 2.92. The Balaban J connectivity index is 0.00000110. The smallest absolute Gasteiger partial charge is 0.404 e. The van der Waals surface area contributed by atoms with E-state index in [0.717, 1.165) is 12.5 Å². The Morgan fingerprint density at radius 3 is 2.63 bits per heavy atom. The second-order valence-corrected chi connectivity index (χ2v) is 7.54. The quantitative estimate of drug-likeness (QED) is 0.751. The fourth-order valence-corrected chi connectivity index (χ4v) is 5.01. The average molecular weight is 286 g/mol. The van der Waals surface area contributed by atoms with Crippen molar-refractivity contribution in [3.63, 3.8) is 0 Å². The molecule has 2 saturated heterocycles. The van der Waals surface area contributed by atoms with E-state index in [-0.39, 0.29) is 25.1 Å². The Hall–Kier alpha value is 0.235. The first-order chi connectivity index (χ1) is 8.52. The third-order valence-electron chi connectivity index (χ3n) is 6.40. The van der Waals surface area contributed by atoms with Crippen molar-refractivity contribution in [3.8, 4) is 0 Å². The third kappa shape index (κ3) is 1.76. The van der Waals surface area contributed by atoms with Gasteiger partial charge in [0.15, 0.2) is 0 Å². The van der Waals surface area contributed by atoms with E-state index >= 15 is 0 Å². The minimum Gasteiger partial charge on any atom is -0.404 e. The Morgan fingerprint density at radius 2 is 2.00 bits per heavy atom. The summed E-state index contributed by atoms with van der Waals surface area (Å²) >= 11 is 0. The maximum absolute atomic E-state index is 6.44. The summed E-state index contributed by atoms with van der Waals surface area (Å²) in [5, 5.41) is 3.52. The molecule has 0 amide bonds. The van der Waals surface area contributed by atoms with Gasteiger partial charge in [-0.05, 0) is 56.4 Å². The SMILES string of the molecule is CC1(C)[C@@H]2CC3OB([C@@H]4CCCN4)O[C@@]3(C)[C@H]1C2.Cl. The molecule has 5 rings (SSSR count). The summed E-state index contributed by atoms with van der Waals surface area (Å²) in [4.78, 5) is 0. The van der Waals surface area contributed by atoms with Crippen LogP contribution in [0.15, 0.2) is 0 Å². The van der Waals surface area contributed by atoms with Crippen LogP contribution < -0.4 is 5.32 Å². The molecule has 3 nitrogen and oxygen atoms in total. The molecule has 0 aromatic heterocycles. The van der Waals surface area contributed by atoms with Gasteiger partial charge in [0.1, 0.15) is 0 Å². The first-order valence-electron chi connectivity index (χ1n) is 7.58. The fraction of sp³-hybridized carbons (Fsp3) is 1.00. The monoisotopic (exact) mass is 285 g/mol. The predicted molar refractivity (Wildman–Crippen MR) is 78.4 cm³/mol. The van der Waals surface area contributed by atoms with E-state index in [1.54, 1.807) is 0 Å². The van der Waals surface area contributed by atoms with Gasteiger partial charge in [-0.15, -0.1) is 12.4 Å². The standard InChI is InChI=1S/C14H24BNO2.ClH/c1-13(2)9-7-10(13)14(3)11(8-9)17-15(18-14)12-5-4-6-16-12;/h9-12,16H,4-8H2,1-3H3;1H/t9-,10-,11?,12-,14-;/m0./s1. The molecule has 5 aliphatic rings. The summed E-state index contributed by atoms with van der Waals surface area (Å²) in [6.45, 7) is 8.25. The van der Waals surface area contributed by atoms with E-state index in [0.29, 0.717) is 23.4 Å². The van der Waals surface area contributed by atoms with Gasteiger partial charge in [-0.1, -0.05) is 13.8 Å². The molecule has 0 spiro atoms. The van der Waals surface area contributed by atoms with Gasteiger partial charge in [-0.2, -0.15) is 0 Å². The van der Waals surface area contributed by atoms with Crippen LogP contribution in [0.25, 0.3) is 0 Å². The van der Waals surface area contributed by atoms with Gasteiger partial charge in [-0.25, -0.2) is 0 Å². The van der Waals surface area contributed by atoms with Crippen LogP contribution >= 0.6 is 12.4 Å². The van der Waals surface area contributed by atoms with Gasteiger partial charge in [0.25, 0.3) is 0 Å². The molecule has 1 N–H and O–H groups in total. The zero-order valence-corrected chi connectivity index (χ0v) is 13.0.